The standard InChI is InChI=1S/C13H20Cl2N2S/c1-3-5-6-8-18-13-11(15)9-10(14)12(17-13)16-7-4-2/h9H,3-8H2,1-2H3,(H,16,17). The van der Waals surface area contributed by atoms with Crippen molar-refractivity contribution in [1.82, 2.24) is 4.98 Å². The Morgan fingerprint density at radius 3 is 2.61 bits per heavy atom. The van der Waals surface area contributed by atoms with Gasteiger partial charge in [0.05, 0.1) is 10.0 Å². The van der Waals surface area contributed by atoms with Gasteiger partial charge in [-0.05, 0) is 24.7 Å². The SMILES string of the molecule is CCCCCSc1nc(NCCC)c(Cl)cc1Cl. The number of unbranched alkanes of at least 4 members (excludes halogenated alkanes) is 2. The predicted molar refractivity (Wildman–Crippen MR) is 83.3 cm³/mol. The maximum atomic E-state index is 6.15. The summed E-state index contributed by atoms with van der Waals surface area (Å²) in [5.41, 5.74) is 0. The van der Waals surface area contributed by atoms with Crippen molar-refractivity contribution in [2.24, 2.45) is 0 Å². The second kappa shape index (κ2) is 8.89. The molecular formula is C13H20Cl2N2S. The van der Waals surface area contributed by atoms with Gasteiger partial charge >= 0.3 is 0 Å². The highest BCUT2D eigenvalue weighted by Crippen LogP contribution is 2.32. The Hall–Kier alpha value is -0.120. The molecule has 2 nitrogen and oxygen atoms in total. The minimum Gasteiger partial charge on any atom is -0.369 e. The first kappa shape index (κ1) is 15.9. The minimum absolute atomic E-state index is 0.589. The first-order valence-electron chi connectivity index (χ1n) is 6.41. The summed E-state index contributed by atoms with van der Waals surface area (Å²) in [6.45, 7) is 5.18. The lowest BCUT2D eigenvalue weighted by Crippen LogP contribution is -2.03. The van der Waals surface area contributed by atoms with Crippen LogP contribution in [0, 0.1) is 0 Å². The number of nitrogens with one attached hydrogen (secondary N) is 1. The molecule has 0 aliphatic rings. The van der Waals surface area contributed by atoms with Crippen LogP contribution < -0.4 is 5.32 Å². The van der Waals surface area contributed by atoms with E-state index in [4.69, 9.17) is 23.2 Å². The van der Waals surface area contributed by atoms with Gasteiger partial charge in [-0.15, -0.1) is 11.8 Å². The summed E-state index contributed by atoms with van der Waals surface area (Å²) in [7, 11) is 0. The largest absolute Gasteiger partial charge is 0.369 e. The third-order valence-corrected chi connectivity index (χ3v) is 4.19. The number of nitrogens with zero attached hydrogens (tertiary/aromatic N) is 1. The first-order valence-corrected chi connectivity index (χ1v) is 8.15. The van der Waals surface area contributed by atoms with E-state index in [1.165, 1.54) is 19.3 Å². The Kier molecular flexibility index (Phi) is 7.87. The lowest BCUT2D eigenvalue weighted by atomic mass is 10.3. The second-order valence-corrected chi connectivity index (χ2v) is 5.99. The highest BCUT2D eigenvalue weighted by molar-refractivity contribution is 7.99. The van der Waals surface area contributed by atoms with Crippen molar-refractivity contribution in [2.45, 2.75) is 44.6 Å². The van der Waals surface area contributed by atoms with Crippen LogP contribution in [0.4, 0.5) is 5.82 Å². The third-order valence-electron chi connectivity index (χ3n) is 2.43. The van der Waals surface area contributed by atoms with E-state index in [0.717, 1.165) is 29.6 Å². The molecule has 102 valence electrons. The molecule has 1 heterocycles. The van der Waals surface area contributed by atoms with Crippen LogP contribution in [0.5, 0.6) is 0 Å². The van der Waals surface area contributed by atoms with Gasteiger partial charge < -0.3 is 5.32 Å². The van der Waals surface area contributed by atoms with Crippen molar-refractivity contribution >= 4 is 40.8 Å². The van der Waals surface area contributed by atoms with Crippen LogP contribution in [-0.4, -0.2) is 17.3 Å². The molecule has 1 aromatic rings. The molecule has 0 saturated carbocycles. The van der Waals surface area contributed by atoms with Crippen LogP contribution in [0.15, 0.2) is 11.1 Å². The molecule has 0 aromatic carbocycles. The topological polar surface area (TPSA) is 24.9 Å². The molecule has 1 aromatic heterocycles. The molecule has 1 N–H and O–H groups in total. The zero-order chi connectivity index (χ0) is 13.4. The van der Waals surface area contributed by atoms with Gasteiger partial charge in [0.15, 0.2) is 0 Å². The number of pyridine rings is 1. The Bertz CT molecular complexity index is 372. The molecule has 1 rings (SSSR count). The summed E-state index contributed by atoms with van der Waals surface area (Å²) in [5, 5.41) is 5.32. The van der Waals surface area contributed by atoms with E-state index in [-0.39, 0.29) is 0 Å². The third kappa shape index (κ3) is 5.25. The highest BCUT2D eigenvalue weighted by Gasteiger charge is 2.09. The Balaban J connectivity index is 2.65. The second-order valence-electron chi connectivity index (χ2n) is 4.09. The molecule has 0 amide bonds. The van der Waals surface area contributed by atoms with Crippen LogP contribution in [0.1, 0.15) is 39.5 Å². The van der Waals surface area contributed by atoms with E-state index in [1.807, 2.05) is 0 Å². The number of hydrogen-bond acceptors (Lipinski definition) is 3. The van der Waals surface area contributed by atoms with Gasteiger partial charge in [-0.3, -0.25) is 0 Å². The van der Waals surface area contributed by atoms with Crippen molar-refractivity contribution in [1.29, 1.82) is 0 Å². The molecule has 0 atom stereocenters. The summed E-state index contributed by atoms with van der Waals surface area (Å²) in [4.78, 5) is 4.49. The summed E-state index contributed by atoms with van der Waals surface area (Å²) in [6, 6.07) is 1.77. The van der Waals surface area contributed by atoms with Gasteiger partial charge in [0.2, 0.25) is 0 Å². The number of anilines is 1. The maximum absolute atomic E-state index is 6.15. The van der Waals surface area contributed by atoms with Crippen molar-refractivity contribution in [2.75, 3.05) is 17.6 Å². The van der Waals surface area contributed by atoms with Crippen LogP contribution in [-0.2, 0) is 0 Å². The quantitative estimate of drug-likeness (QED) is 0.507. The Morgan fingerprint density at radius 2 is 1.94 bits per heavy atom. The summed E-state index contributed by atoms with van der Waals surface area (Å²) in [6.07, 6.45) is 4.71. The van der Waals surface area contributed by atoms with Gasteiger partial charge in [0.1, 0.15) is 10.8 Å². The monoisotopic (exact) mass is 306 g/mol. The summed E-state index contributed by atoms with van der Waals surface area (Å²) < 4.78 is 0. The zero-order valence-electron chi connectivity index (χ0n) is 10.9. The molecule has 0 saturated heterocycles. The minimum atomic E-state index is 0.589. The Labute approximate surface area is 124 Å². The van der Waals surface area contributed by atoms with Crippen LogP contribution in [0.3, 0.4) is 0 Å². The molecule has 0 unspecified atom stereocenters. The molecule has 5 heteroatoms. The van der Waals surface area contributed by atoms with E-state index < -0.39 is 0 Å². The van der Waals surface area contributed by atoms with Gasteiger partial charge in [0.25, 0.3) is 0 Å². The predicted octanol–water partition coefficient (Wildman–Crippen LogP) is 5.49. The average molecular weight is 307 g/mol. The Morgan fingerprint density at radius 1 is 1.17 bits per heavy atom. The van der Waals surface area contributed by atoms with Gasteiger partial charge in [0, 0.05) is 6.54 Å². The van der Waals surface area contributed by atoms with E-state index in [9.17, 15) is 0 Å². The summed E-state index contributed by atoms with van der Waals surface area (Å²) in [5.74, 6) is 1.79. The van der Waals surface area contributed by atoms with E-state index in [0.29, 0.717) is 10.0 Å². The lowest BCUT2D eigenvalue weighted by molar-refractivity contribution is 0.778. The summed E-state index contributed by atoms with van der Waals surface area (Å²) >= 11 is 14.0. The molecule has 0 spiro atoms. The zero-order valence-corrected chi connectivity index (χ0v) is 13.3. The molecule has 0 bridgehead atoms. The van der Waals surface area contributed by atoms with Gasteiger partial charge in [-0.25, -0.2) is 4.98 Å². The molecule has 0 fully saturated rings. The van der Waals surface area contributed by atoms with Gasteiger partial charge in [-0.2, -0.15) is 0 Å². The molecule has 0 aliphatic heterocycles. The highest BCUT2D eigenvalue weighted by atomic mass is 35.5. The van der Waals surface area contributed by atoms with Crippen molar-refractivity contribution in [3.8, 4) is 0 Å². The normalized spacial score (nSPS) is 10.7. The molecular weight excluding hydrogens is 287 g/mol. The number of aromatic nitrogens is 1. The smallest absolute Gasteiger partial charge is 0.146 e. The fraction of sp³-hybridized carbons (Fsp3) is 0.615. The molecule has 0 radical (unpaired) electrons. The number of rotatable bonds is 8. The van der Waals surface area contributed by atoms with E-state index in [2.05, 4.69) is 24.1 Å². The van der Waals surface area contributed by atoms with Crippen LogP contribution >= 0.6 is 35.0 Å². The number of hydrogen-bond donors (Lipinski definition) is 1. The lowest BCUT2D eigenvalue weighted by Gasteiger charge is -2.10. The number of thioether (sulfide) groups is 1. The number of halogens is 2. The van der Waals surface area contributed by atoms with E-state index in [1.54, 1.807) is 17.8 Å². The van der Waals surface area contributed by atoms with Crippen LogP contribution in [0.25, 0.3) is 0 Å². The van der Waals surface area contributed by atoms with E-state index >= 15 is 0 Å². The fourth-order valence-corrected chi connectivity index (χ4v) is 2.92. The first-order chi connectivity index (χ1) is 8.69. The van der Waals surface area contributed by atoms with Gasteiger partial charge in [-0.1, -0.05) is 49.9 Å². The average Bonchev–Trinajstić information content (AvgIpc) is 2.35. The van der Waals surface area contributed by atoms with Crippen molar-refractivity contribution in [3.05, 3.63) is 16.1 Å². The maximum Gasteiger partial charge on any atom is 0.146 e. The van der Waals surface area contributed by atoms with Crippen molar-refractivity contribution in [3.63, 3.8) is 0 Å². The molecule has 18 heavy (non-hydrogen) atoms. The molecule has 0 aliphatic carbocycles. The van der Waals surface area contributed by atoms with Crippen molar-refractivity contribution < 1.29 is 0 Å². The van der Waals surface area contributed by atoms with Crippen LogP contribution in [0.2, 0.25) is 10.0 Å². The fourth-order valence-electron chi connectivity index (χ4n) is 1.44.